The van der Waals surface area contributed by atoms with Crippen molar-refractivity contribution < 1.29 is 14.3 Å². The fourth-order valence-electron chi connectivity index (χ4n) is 1.99. The Hall–Kier alpha value is -1.14. The summed E-state index contributed by atoms with van der Waals surface area (Å²) >= 11 is 0. The number of carbonyl (C=O) groups is 1. The minimum Gasteiger partial charge on any atom is -0.379 e. The maximum absolute atomic E-state index is 11.9. The zero-order valence-electron chi connectivity index (χ0n) is 14.3. The van der Waals surface area contributed by atoms with Crippen molar-refractivity contribution in [2.75, 3.05) is 25.1 Å². The summed E-state index contributed by atoms with van der Waals surface area (Å²) in [5.41, 5.74) is 8.61. The molecule has 0 aliphatic carbocycles. The molecule has 0 fully saturated rings. The van der Waals surface area contributed by atoms with Crippen molar-refractivity contribution in [2.24, 2.45) is 5.73 Å². The number of rotatable bonds is 10. The lowest BCUT2D eigenvalue weighted by Gasteiger charge is -2.13. The highest BCUT2D eigenvalue weighted by molar-refractivity contribution is 5.91. The van der Waals surface area contributed by atoms with Gasteiger partial charge in [-0.2, -0.15) is 0 Å². The SMILES string of the molecule is CCOCCOCc1cccc(NC(=O)CCC(C)N)c1C.Cl. The molecule has 132 valence electrons. The molecular formula is C17H29ClN2O3. The van der Waals surface area contributed by atoms with Crippen LogP contribution in [0.25, 0.3) is 0 Å². The summed E-state index contributed by atoms with van der Waals surface area (Å²) in [6, 6.07) is 5.88. The smallest absolute Gasteiger partial charge is 0.224 e. The van der Waals surface area contributed by atoms with E-state index in [1.54, 1.807) is 0 Å². The molecule has 1 rings (SSSR count). The average Bonchev–Trinajstić information content (AvgIpc) is 2.48. The van der Waals surface area contributed by atoms with Crippen LogP contribution in [0.1, 0.15) is 37.8 Å². The third-order valence-electron chi connectivity index (χ3n) is 3.38. The first-order chi connectivity index (χ1) is 10.5. The van der Waals surface area contributed by atoms with Crippen LogP contribution >= 0.6 is 12.4 Å². The number of benzene rings is 1. The van der Waals surface area contributed by atoms with Crippen LogP contribution in [-0.4, -0.2) is 31.8 Å². The molecule has 0 saturated heterocycles. The second kappa shape index (κ2) is 12.3. The van der Waals surface area contributed by atoms with Gasteiger partial charge >= 0.3 is 0 Å². The van der Waals surface area contributed by atoms with E-state index < -0.39 is 0 Å². The minimum absolute atomic E-state index is 0. The lowest BCUT2D eigenvalue weighted by molar-refractivity contribution is -0.116. The van der Waals surface area contributed by atoms with Crippen molar-refractivity contribution in [2.45, 2.75) is 46.3 Å². The maximum atomic E-state index is 11.9. The highest BCUT2D eigenvalue weighted by Crippen LogP contribution is 2.20. The van der Waals surface area contributed by atoms with Crippen molar-refractivity contribution >= 4 is 24.0 Å². The van der Waals surface area contributed by atoms with Crippen LogP contribution in [0.3, 0.4) is 0 Å². The van der Waals surface area contributed by atoms with Crippen LogP contribution < -0.4 is 11.1 Å². The first-order valence-corrected chi connectivity index (χ1v) is 7.84. The number of nitrogens with one attached hydrogen (secondary N) is 1. The Morgan fingerprint density at radius 2 is 2.00 bits per heavy atom. The van der Waals surface area contributed by atoms with Gasteiger partial charge in [-0.05, 0) is 44.4 Å². The van der Waals surface area contributed by atoms with E-state index in [0.717, 1.165) is 16.8 Å². The Morgan fingerprint density at radius 1 is 1.30 bits per heavy atom. The Labute approximate surface area is 145 Å². The van der Waals surface area contributed by atoms with E-state index in [1.807, 2.05) is 39.0 Å². The van der Waals surface area contributed by atoms with Crippen molar-refractivity contribution in [1.29, 1.82) is 0 Å². The number of hydrogen-bond acceptors (Lipinski definition) is 4. The Bertz CT molecular complexity index is 467. The van der Waals surface area contributed by atoms with E-state index in [2.05, 4.69) is 5.32 Å². The van der Waals surface area contributed by atoms with Gasteiger partial charge in [-0.1, -0.05) is 12.1 Å². The number of hydrogen-bond donors (Lipinski definition) is 2. The van der Waals surface area contributed by atoms with Gasteiger partial charge in [-0.15, -0.1) is 12.4 Å². The first kappa shape index (κ1) is 21.9. The van der Waals surface area contributed by atoms with Crippen LogP contribution in [0.2, 0.25) is 0 Å². The molecule has 1 unspecified atom stereocenters. The van der Waals surface area contributed by atoms with Gasteiger partial charge in [-0.25, -0.2) is 0 Å². The summed E-state index contributed by atoms with van der Waals surface area (Å²) < 4.78 is 10.8. The molecule has 1 amide bonds. The van der Waals surface area contributed by atoms with Gasteiger partial charge in [0.25, 0.3) is 0 Å². The van der Waals surface area contributed by atoms with Crippen LogP contribution in [0.5, 0.6) is 0 Å². The molecular weight excluding hydrogens is 316 g/mol. The number of halogens is 1. The predicted molar refractivity (Wildman–Crippen MR) is 96.1 cm³/mol. The quantitative estimate of drug-likeness (QED) is 0.640. The molecule has 0 aromatic heterocycles. The third kappa shape index (κ3) is 8.91. The second-order valence-corrected chi connectivity index (χ2v) is 5.40. The molecule has 0 aliphatic heterocycles. The summed E-state index contributed by atoms with van der Waals surface area (Å²) in [6.07, 6.45) is 1.12. The molecule has 3 N–H and O–H groups in total. The lowest BCUT2D eigenvalue weighted by atomic mass is 10.1. The summed E-state index contributed by atoms with van der Waals surface area (Å²) in [4.78, 5) is 11.9. The molecule has 0 saturated carbocycles. The largest absolute Gasteiger partial charge is 0.379 e. The Kier molecular flexibility index (Phi) is 11.7. The van der Waals surface area contributed by atoms with Gasteiger partial charge < -0.3 is 20.5 Å². The molecule has 6 heteroatoms. The fourth-order valence-corrected chi connectivity index (χ4v) is 1.99. The number of nitrogens with two attached hydrogens (primary N) is 1. The van der Waals surface area contributed by atoms with E-state index in [0.29, 0.717) is 39.3 Å². The number of anilines is 1. The molecule has 1 atom stereocenters. The molecule has 5 nitrogen and oxygen atoms in total. The second-order valence-electron chi connectivity index (χ2n) is 5.40. The Morgan fingerprint density at radius 3 is 2.65 bits per heavy atom. The first-order valence-electron chi connectivity index (χ1n) is 7.84. The molecule has 23 heavy (non-hydrogen) atoms. The zero-order chi connectivity index (χ0) is 16.4. The van der Waals surface area contributed by atoms with E-state index in [1.165, 1.54) is 0 Å². The van der Waals surface area contributed by atoms with Crippen LogP contribution in [0.4, 0.5) is 5.69 Å². The normalized spacial score (nSPS) is 11.7. The average molecular weight is 345 g/mol. The standard InChI is InChI=1S/C17H28N2O3.ClH/c1-4-21-10-11-22-12-15-6-5-7-16(14(15)3)19-17(20)9-8-13(2)18;/h5-7,13H,4,8-12,18H2,1-3H3,(H,19,20);1H. The monoisotopic (exact) mass is 344 g/mol. The highest BCUT2D eigenvalue weighted by atomic mass is 35.5. The summed E-state index contributed by atoms with van der Waals surface area (Å²) in [5, 5.41) is 2.94. The molecule has 1 aromatic carbocycles. The lowest BCUT2D eigenvalue weighted by Crippen LogP contribution is -2.20. The molecule has 0 spiro atoms. The minimum atomic E-state index is -0.00480. The topological polar surface area (TPSA) is 73.6 Å². The van der Waals surface area contributed by atoms with Gasteiger partial charge in [0.2, 0.25) is 5.91 Å². The summed E-state index contributed by atoms with van der Waals surface area (Å²) in [7, 11) is 0. The molecule has 0 aliphatic rings. The van der Waals surface area contributed by atoms with Crippen molar-refractivity contribution in [3.8, 4) is 0 Å². The Balaban J connectivity index is 0.00000484. The maximum Gasteiger partial charge on any atom is 0.224 e. The van der Waals surface area contributed by atoms with Gasteiger partial charge in [0, 0.05) is 24.8 Å². The van der Waals surface area contributed by atoms with E-state index in [-0.39, 0.29) is 24.4 Å². The summed E-state index contributed by atoms with van der Waals surface area (Å²) in [5.74, 6) is -0.00480. The molecule has 1 aromatic rings. The molecule has 0 bridgehead atoms. The zero-order valence-corrected chi connectivity index (χ0v) is 15.1. The van der Waals surface area contributed by atoms with Gasteiger partial charge in [0.05, 0.1) is 19.8 Å². The van der Waals surface area contributed by atoms with Gasteiger partial charge in [-0.3, -0.25) is 4.79 Å². The number of amides is 1. The van der Waals surface area contributed by atoms with E-state index in [9.17, 15) is 4.79 Å². The molecule has 0 heterocycles. The molecule has 0 radical (unpaired) electrons. The van der Waals surface area contributed by atoms with E-state index in [4.69, 9.17) is 15.2 Å². The van der Waals surface area contributed by atoms with Crippen molar-refractivity contribution in [3.05, 3.63) is 29.3 Å². The van der Waals surface area contributed by atoms with Crippen LogP contribution in [0, 0.1) is 6.92 Å². The number of carbonyl (C=O) groups excluding carboxylic acids is 1. The summed E-state index contributed by atoms with van der Waals surface area (Å²) in [6.45, 7) is 8.23. The number of ether oxygens (including phenoxy) is 2. The van der Waals surface area contributed by atoms with Crippen molar-refractivity contribution in [1.82, 2.24) is 0 Å². The van der Waals surface area contributed by atoms with Gasteiger partial charge in [0.15, 0.2) is 0 Å². The van der Waals surface area contributed by atoms with Crippen LogP contribution in [-0.2, 0) is 20.9 Å². The fraction of sp³-hybridized carbons (Fsp3) is 0.588. The third-order valence-corrected chi connectivity index (χ3v) is 3.38. The highest BCUT2D eigenvalue weighted by Gasteiger charge is 2.08. The van der Waals surface area contributed by atoms with Gasteiger partial charge in [0.1, 0.15) is 0 Å². The van der Waals surface area contributed by atoms with Crippen LogP contribution in [0.15, 0.2) is 18.2 Å². The van der Waals surface area contributed by atoms with E-state index >= 15 is 0 Å². The predicted octanol–water partition coefficient (Wildman–Crippen LogP) is 3.04. The van der Waals surface area contributed by atoms with Crippen molar-refractivity contribution in [3.63, 3.8) is 0 Å².